The van der Waals surface area contributed by atoms with E-state index in [1.165, 1.54) is 66.4 Å². The second kappa shape index (κ2) is 19.6. The van der Waals surface area contributed by atoms with E-state index in [0.717, 1.165) is 51.2 Å². The van der Waals surface area contributed by atoms with Crippen molar-refractivity contribution in [3.63, 3.8) is 0 Å². The molecular formula is C73H55N3. The smallest absolute Gasteiger partial charge is 0.0546 e. The average molecular weight is 974 g/mol. The van der Waals surface area contributed by atoms with Gasteiger partial charge in [0.2, 0.25) is 0 Å². The Morgan fingerprint density at radius 3 is 0.947 bits per heavy atom. The normalized spacial score (nSPS) is 12.2. The Morgan fingerprint density at radius 1 is 0.224 bits per heavy atom. The molecule has 0 N–H and O–H groups in total. The maximum atomic E-state index is 2.49. The van der Waals surface area contributed by atoms with Crippen LogP contribution in [0.1, 0.15) is 25.0 Å². The van der Waals surface area contributed by atoms with E-state index in [1.54, 1.807) is 0 Å². The summed E-state index contributed by atoms with van der Waals surface area (Å²) in [4.78, 5) is 7.36. The zero-order valence-electron chi connectivity index (χ0n) is 42.6. The number of anilines is 9. The Kier molecular flexibility index (Phi) is 11.9. The van der Waals surface area contributed by atoms with E-state index in [9.17, 15) is 0 Å². The predicted molar refractivity (Wildman–Crippen MR) is 322 cm³/mol. The van der Waals surface area contributed by atoms with Crippen LogP contribution in [0.4, 0.5) is 51.2 Å². The van der Waals surface area contributed by atoms with Gasteiger partial charge in [-0.25, -0.2) is 0 Å². The van der Waals surface area contributed by atoms with Crippen LogP contribution < -0.4 is 14.7 Å². The largest absolute Gasteiger partial charge is 0.310 e. The number of para-hydroxylation sites is 3. The van der Waals surface area contributed by atoms with Crippen molar-refractivity contribution in [2.75, 3.05) is 14.7 Å². The molecule has 0 heterocycles. The topological polar surface area (TPSA) is 9.72 Å². The first kappa shape index (κ1) is 46.1. The first-order valence-electron chi connectivity index (χ1n) is 26.3. The molecule has 0 aromatic heterocycles. The monoisotopic (exact) mass is 973 g/mol. The summed E-state index contributed by atoms with van der Waals surface area (Å²) in [6.07, 6.45) is 0. The Labute approximate surface area is 446 Å². The van der Waals surface area contributed by atoms with Crippen LogP contribution in [0.25, 0.3) is 55.3 Å². The number of fused-ring (bicyclic) bond motifs is 5. The van der Waals surface area contributed by atoms with E-state index >= 15 is 0 Å². The molecule has 0 bridgehead atoms. The number of nitrogens with zero attached hydrogens (tertiary/aromatic N) is 3. The van der Waals surface area contributed by atoms with E-state index in [0.29, 0.717) is 0 Å². The van der Waals surface area contributed by atoms with Gasteiger partial charge in [-0.1, -0.05) is 220 Å². The van der Waals surface area contributed by atoms with Crippen molar-refractivity contribution in [2.45, 2.75) is 19.3 Å². The number of rotatable bonds is 12. The third kappa shape index (κ3) is 8.38. The molecule has 0 aliphatic heterocycles. The zero-order valence-corrected chi connectivity index (χ0v) is 42.6. The highest BCUT2D eigenvalue weighted by Crippen LogP contribution is 2.60. The maximum absolute atomic E-state index is 2.49. The molecule has 0 fully saturated rings. The summed E-state index contributed by atoms with van der Waals surface area (Å²) in [6, 6.07) is 108. The van der Waals surface area contributed by atoms with E-state index in [1.807, 2.05) is 0 Å². The predicted octanol–water partition coefficient (Wildman–Crippen LogP) is 20.6. The molecule has 0 unspecified atom stereocenters. The molecule has 3 heteroatoms. The minimum Gasteiger partial charge on any atom is -0.310 e. The fourth-order valence-corrected chi connectivity index (χ4v) is 11.7. The molecule has 1 aliphatic rings. The Hall–Kier alpha value is -9.70. The van der Waals surface area contributed by atoms with Gasteiger partial charge >= 0.3 is 0 Å². The van der Waals surface area contributed by atoms with Crippen LogP contribution >= 0.6 is 0 Å². The fraction of sp³-hybridized carbons (Fsp3) is 0.0411. The number of benzene rings is 12. The van der Waals surface area contributed by atoms with Gasteiger partial charge in [0.05, 0.1) is 11.4 Å². The summed E-state index contributed by atoms with van der Waals surface area (Å²) in [5, 5.41) is 2.43. The molecule has 13 rings (SSSR count). The molecule has 0 radical (unpaired) electrons. The Morgan fingerprint density at radius 2 is 0.526 bits per heavy atom. The molecular weight excluding hydrogens is 919 g/mol. The number of hydrogen-bond donors (Lipinski definition) is 0. The summed E-state index contributed by atoms with van der Waals surface area (Å²) in [7, 11) is 0. The molecule has 76 heavy (non-hydrogen) atoms. The summed E-state index contributed by atoms with van der Waals surface area (Å²) in [5.41, 5.74) is 21.5. The average Bonchev–Trinajstić information content (AvgIpc) is 3.76. The van der Waals surface area contributed by atoms with Crippen LogP contribution in [0.3, 0.4) is 0 Å². The quantitative estimate of drug-likeness (QED) is 0.121. The van der Waals surface area contributed by atoms with Crippen molar-refractivity contribution in [2.24, 2.45) is 0 Å². The fourth-order valence-electron chi connectivity index (χ4n) is 11.7. The molecule has 3 nitrogen and oxygen atoms in total. The molecule has 0 spiro atoms. The van der Waals surface area contributed by atoms with Gasteiger partial charge in [0.25, 0.3) is 0 Å². The molecule has 1 aliphatic carbocycles. The minimum atomic E-state index is -0.447. The van der Waals surface area contributed by atoms with Crippen molar-refractivity contribution >= 4 is 62.0 Å². The van der Waals surface area contributed by atoms with Gasteiger partial charge in [-0.15, -0.1) is 0 Å². The van der Waals surface area contributed by atoms with E-state index in [2.05, 4.69) is 326 Å². The van der Waals surface area contributed by atoms with Gasteiger partial charge in [-0.2, -0.15) is 0 Å². The molecule has 0 saturated heterocycles. The lowest BCUT2D eigenvalue weighted by Crippen LogP contribution is -2.22. The lowest BCUT2D eigenvalue weighted by atomic mass is 9.79. The molecule has 362 valence electrons. The molecule has 0 saturated carbocycles. The summed E-state index contributed by atoms with van der Waals surface area (Å²) in [5.74, 6) is 0. The van der Waals surface area contributed by atoms with E-state index in [-0.39, 0.29) is 0 Å². The van der Waals surface area contributed by atoms with Crippen LogP contribution in [-0.2, 0) is 5.41 Å². The Balaban J connectivity index is 1.08. The van der Waals surface area contributed by atoms with Gasteiger partial charge in [0, 0.05) is 50.6 Å². The van der Waals surface area contributed by atoms with Gasteiger partial charge < -0.3 is 14.7 Å². The highest BCUT2D eigenvalue weighted by Gasteiger charge is 2.42. The molecule has 12 aromatic rings. The molecule has 0 atom stereocenters. The van der Waals surface area contributed by atoms with Crippen LogP contribution in [0.15, 0.2) is 297 Å². The highest BCUT2D eigenvalue weighted by atomic mass is 15.2. The van der Waals surface area contributed by atoms with Crippen molar-refractivity contribution in [1.82, 2.24) is 0 Å². The van der Waals surface area contributed by atoms with Gasteiger partial charge in [0.1, 0.15) is 0 Å². The standard InChI is InChI=1S/C73H55N3/c1-73(2)71-66-36-22-21-35-65(66)69(75(59-31-17-7-18-32-59)62-45-39-56(40-46-62)53-25-11-4-12-26-53)51-68(71)67-49-64(74(58-29-15-6-16-30-58)61-43-37-55(38-44-61)52-23-9-3-10-24-52)50-70(72(67)73)76(60-33-19-8-20-34-60)63-47-41-57(42-48-63)54-27-13-5-14-28-54/h3-51H,1-2H3. The third-order valence-electron chi connectivity index (χ3n) is 15.1. The summed E-state index contributed by atoms with van der Waals surface area (Å²) in [6.45, 7) is 4.87. The SMILES string of the molecule is CC1(C)c2c(cc(N(c3ccccc3)c3ccc(-c4ccccc4)cc3)cc2N(c2ccccc2)c2ccc(-c3ccccc3)cc2)-c2cc(N(c3ccccc3)c3ccc(-c4ccccc4)cc3)c3ccccc3c21. The highest BCUT2D eigenvalue weighted by molar-refractivity contribution is 6.09. The summed E-state index contributed by atoms with van der Waals surface area (Å²) >= 11 is 0. The first-order chi connectivity index (χ1) is 37.5. The summed E-state index contributed by atoms with van der Waals surface area (Å²) < 4.78 is 0. The van der Waals surface area contributed by atoms with Crippen molar-refractivity contribution < 1.29 is 0 Å². The van der Waals surface area contributed by atoms with Crippen LogP contribution in [0, 0.1) is 0 Å². The minimum absolute atomic E-state index is 0.447. The number of hydrogen-bond acceptors (Lipinski definition) is 3. The van der Waals surface area contributed by atoms with Crippen LogP contribution in [0.5, 0.6) is 0 Å². The lowest BCUT2D eigenvalue weighted by molar-refractivity contribution is 0.666. The van der Waals surface area contributed by atoms with Gasteiger partial charge in [-0.05, 0) is 152 Å². The Bertz CT molecular complexity index is 3960. The second-order valence-electron chi connectivity index (χ2n) is 20.1. The van der Waals surface area contributed by atoms with Crippen molar-refractivity contribution in [1.29, 1.82) is 0 Å². The van der Waals surface area contributed by atoms with Gasteiger partial charge in [0.15, 0.2) is 0 Å². The lowest BCUT2D eigenvalue weighted by Gasteiger charge is -2.34. The first-order valence-corrected chi connectivity index (χ1v) is 26.3. The van der Waals surface area contributed by atoms with E-state index < -0.39 is 5.41 Å². The van der Waals surface area contributed by atoms with Crippen molar-refractivity contribution in [3.8, 4) is 44.5 Å². The third-order valence-corrected chi connectivity index (χ3v) is 15.1. The van der Waals surface area contributed by atoms with Crippen LogP contribution in [-0.4, -0.2) is 0 Å². The zero-order chi connectivity index (χ0) is 51.0. The van der Waals surface area contributed by atoms with Crippen molar-refractivity contribution in [3.05, 3.63) is 308 Å². The molecule has 0 amide bonds. The van der Waals surface area contributed by atoms with Gasteiger partial charge in [-0.3, -0.25) is 0 Å². The van der Waals surface area contributed by atoms with E-state index in [4.69, 9.17) is 0 Å². The van der Waals surface area contributed by atoms with Crippen LogP contribution in [0.2, 0.25) is 0 Å². The maximum Gasteiger partial charge on any atom is 0.0546 e. The molecule has 12 aromatic carbocycles. The second-order valence-corrected chi connectivity index (χ2v) is 20.1.